The molecule has 0 atom stereocenters. The molecule has 0 aliphatic heterocycles. The third-order valence-electron chi connectivity index (χ3n) is 2.93. The highest BCUT2D eigenvalue weighted by molar-refractivity contribution is 5.94. The number of carbonyl (C=O) groups excluding carboxylic acids is 1. The first-order chi connectivity index (χ1) is 9.22. The Hall–Kier alpha value is -2.14. The van der Waals surface area contributed by atoms with Crippen LogP contribution in [-0.4, -0.2) is 23.2 Å². The van der Waals surface area contributed by atoms with Gasteiger partial charge in [-0.3, -0.25) is 9.89 Å². The predicted octanol–water partition coefficient (Wildman–Crippen LogP) is 1.79. The Labute approximate surface area is 112 Å². The fraction of sp³-hybridized carbons (Fsp3) is 0.286. The average Bonchev–Trinajstić information content (AvgIpc) is 2.84. The molecule has 0 radical (unpaired) electrons. The zero-order valence-electron chi connectivity index (χ0n) is 11.1. The van der Waals surface area contributed by atoms with E-state index >= 15 is 0 Å². The highest BCUT2D eigenvalue weighted by atomic mass is 16.5. The highest BCUT2D eigenvalue weighted by Crippen LogP contribution is 2.10. The molecular formula is C14H17N3O2. The van der Waals surface area contributed by atoms with E-state index in [9.17, 15) is 4.79 Å². The molecule has 5 nitrogen and oxygen atoms in total. The number of amides is 1. The Morgan fingerprint density at radius 3 is 2.74 bits per heavy atom. The number of aromatic nitrogens is 2. The van der Waals surface area contributed by atoms with Crippen LogP contribution >= 0.6 is 0 Å². The number of aryl methyl sites for hydroxylation is 1. The van der Waals surface area contributed by atoms with Crippen molar-refractivity contribution in [1.82, 2.24) is 15.5 Å². The molecule has 2 N–H and O–H groups in total. The third kappa shape index (κ3) is 3.20. The molecule has 0 fully saturated rings. The van der Waals surface area contributed by atoms with E-state index in [4.69, 9.17) is 4.74 Å². The van der Waals surface area contributed by atoms with Crippen LogP contribution in [0.3, 0.4) is 0 Å². The van der Waals surface area contributed by atoms with Crippen LogP contribution in [0.1, 0.15) is 27.2 Å². The van der Waals surface area contributed by atoms with Crippen molar-refractivity contribution in [3.63, 3.8) is 0 Å². The predicted molar refractivity (Wildman–Crippen MR) is 71.6 cm³/mol. The van der Waals surface area contributed by atoms with Gasteiger partial charge in [-0.15, -0.1) is 0 Å². The number of aromatic amines is 1. The summed E-state index contributed by atoms with van der Waals surface area (Å²) >= 11 is 0. The second-order valence-corrected chi connectivity index (χ2v) is 4.29. The first-order valence-corrected chi connectivity index (χ1v) is 6.06. The topological polar surface area (TPSA) is 67.0 Å². The standard InChI is InChI=1S/C14H17N3O2/c1-10-13(8-16-17-10)14(18)15-7-11-5-3-4-6-12(11)9-19-2/h3-6,8H,7,9H2,1-2H3,(H,15,18)(H,16,17). The molecule has 5 heteroatoms. The van der Waals surface area contributed by atoms with E-state index in [-0.39, 0.29) is 5.91 Å². The smallest absolute Gasteiger partial charge is 0.255 e. The molecule has 0 spiro atoms. The van der Waals surface area contributed by atoms with Crippen molar-refractivity contribution in [1.29, 1.82) is 0 Å². The zero-order chi connectivity index (χ0) is 13.7. The number of hydrogen-bond donors (Lipinski definition) is 2. The van der Waals surface area contributed by atoms with Crippen LogP contribution in [0.2, 0.25) is 0 Å². The molecule has 19 heavy (non-hydrogen) atoms. The number of methoxy groups -OCH3 is 1. The van der Waals surface area contributed by atoms with Crippen molar-refractivity contribution in [3.8, 4) is 0 Å². The number of nitrogens with one attached hydrogen (secondary N) is 2. The Morgan fingerprint density at radius 1 is 1.37 bits per heavy atom. The van der Waals surface area contributed by atoms with Crippen LogP contribution in [0.25, 0.3) is 0 Å². The molecule has 2 aromatic rings. The Bertz CT molecular complexity index is 563. The van der Waals surface area contributed by atoms with Crippen LogP contribution in [0.4, 0.5) is 0 Å². The number of rotatable bonds is 5. The van der Waals surface area contributed by atoms with E-state index in [1.165, 1.54) is 6.20 Å². The lowest BCUT2D eigenvalue weighted by Gasteiger charge is -2.09. The Morgan fingerprint density at radius 2 is 2.11 bits per heavy atom. The molecule has 0 aliphatic carbocycles. The van der Waals surface area contributed by atoms with Crippen LogP contribution in [0.5, 0.6) is 0 Å². The maximum Gasteiger partial charge on any atom is 0.255 e. The molecule has 0 bridgehead atoms. The molecule has 2 rings (SSSR count). The summed E-state index contributed by atoms with van der Waals surface area (Å²) in [5.74, 6) is -0.126. The van der Waals surface area contributed by atoms with Crippen LogP contribution in [-0.2, 0) is 17.9 Å². The lowest BCUT2D eigenvalue weighted by Crippen LogP contribution is -2.23. The fourth-order valence-corrected chi connectivity index (χ4v) is 1.88. The summed E-state index contributed by atoms with van der Waals surface area (Å²) in [5.41, 5.74) is 3.47. The van der Waals surface area contributed by atoms with Gasteiger partial charge in [0.25, 0.3) is 5.91 Å². The van der Waals surface area contributed by atoms with E-state index in [1.54, 1.807) is 7.11 Å². The number of ether oxygens (including phenoxy) is 1. The number of nitrogens with zero attached hydrogens (tertiary/aromatic N) is 1. The first-order valence-electron chi connectivity index (χ1n) is 6.06. The van der Waals surface area contributed by atoms with Gasteiger partial charge in [0.15, 0.2) is 0 Å². The summed E-state index contributed by atoms with van der Waals surface area (Å²) in [6, 6.07) is 7.88. The monoisotopic (exact) mass is 259 g/mol. The van der Waals surface area contributed by atoms with Gasteiger partial charge in [0, 0.05) is 19.3 Å². The highest BCUT2D eigenvalue weighted by Gasteiger charge is 2.11. The molecule has 1 heterocycles. The molecule has 0 aliphatic rings. The van der Waals surface area contributed by atoms with Gasteiger partial charge in [-0.1, -0.05) is 24.3 Å². The molecular weight excluding hydrogens is 242 g/mol. The van der Waals surface area contributed by atoms with Gasteiger partial charge in [-0.05, 0) is 18.1 Å². The van der Waals surface area contributed by atoms with E-state index in [0.29, 0.717) is 18.7 Å². The van der Waals surface area contributed by atoms with E-state index in [0.717, 1.165) is 16.8 Å². The van der Waals surface area contributed by atoms with Crippen molar-refractivity contribution in [2.75, 3.05) is 7.11 Å². The normalized spacial score (nSPS) is 10.4. The van der Waals surface area contributed by atoms with Crippen molar-refractivity contribution in [3.05, 3.63) is 52.8 Å². The lowest BCUT2D eigenvalue weighted by molar-refractivity contribution is 0.0950. The second kappa shape index (κ2) is 6.15. The van der Waals surface area contributed by atoms with Gasteiger partial charge >= 0.3 is 0 Å². The summed E-state index contributed by atoms with van der Waals surface area (Å²) in [6.45, 7) is 2.83. The largest absolute Gasteiger partial charge is 0.380 e. The average molecular weight is 259 g/mol. The van der Waals surface area contributed by atoms with Crippen molar-refractivity contribution >= 4 is 5.91 Å². The van der Waals surface area contributed by atoms with Crippen LogP contribution < -0.4 is 5.32 Å². The molecule has 1 amide bonds. The molecule has 1 aromatic carbocycles. The van der Waals surface area contributed by atoms with Crippen molar-refractivity contribution in [2.45, 2.75) is 20.1 Å². The zero-order valence-corrected chi connectivity index (χ0v) is 11.1. The molecule has 0 unspecified atom stereocenters. The van der Waals surface area contributed by atoms with Gasteiger partial charge in [0.1, 0.15) is 0 Å². The second-order valence-electron chi connectivity index (χ2n) is 4.29. The van der Waals surface area contributed by atoms with Crippen LogP contribution in [0.15, 0.2) is 30.5 Å². The first kappa shape index (κ1) is 13.3. The van der Waals surface area contributed by atoms with Gasteiger partial charge in [-0.25, -0.2) is 0 Å². The minimum Gasteiger partial charge on any atom is -0.380 e. The summed E-state index contributed by atoms with van der Waals surface area (Å²) in [5, 5.41) is 9.47. The van der Waals surface area contributed by atoms with E-state index in [2.05, 4.69) is 15.5 Å². The number of carbonyl (C=O) groups is 1. The summed E-state index contributed by atoms with van der Waals surface area (Å²) in [6.07, 6.45) is 1.53. The van der Waals surface area contributed by atoms with Gasteiger partial charge in [0.05, 0.1) is 18.4 Å². The van der Waals surface area contributed by atoms with Crippen molar-refractivity contribution in [2.24, 2.45) is 0 Å². The minimum atomic E-state index is -0.126. The Balaban J connectivity index is 2.03. The fourth-order valence-electron chi connectivity index (χ4n) is 1.88. The Kier molecular flexibility index (Phi) is 4.30. The summed E-state index contributed by atoms with van der Waals surface area (Å²) in [7, 11) is 1.66. The number of hydrogen-bond acceptors (Lipinski definition) is 3. The van der Waals surface area contributed by atoms with E-state index in [1.807, 2.05) is 31.2 Å². The molecule has 0 saturated carbocycles. The van der Waals surface area contributed by atoms with Crippen molar-refractivity contribution < 1.29 is 9.53 Å². The quantitative estimate of drug-likeness (QED) is 0.860. The SMILES string of the molecule is COCc1ccccc1CNC(=O)c1cn[nH]c1C. The number of benzene rings is 1. The number of H-pyrrole nitrogens is 1. The van der Waals surface area contributed by atoms with E-state index < -0.39 is 0 Å². The van der Waals surface area contributed by atoms with Gasteiger partial charge in [0.2, 0.25) is 0 Å². The van der Waals surface area contributed by atoms with Gasteiger partial charge in [-0.2, -0.15) is 5.10 Å². The lowest BCUT2D eigenvalue weighted by atomic mass is 10.1. The maximum atomic E-state index is 12.0. The molecule has 100 valence electrons. The minimum absolute atomic E-state index is 0.126. The summed E-state index contributed by atoms with van der Waals surface area (Å²) < 4.78 is 5.14. The third-order valence-corrected chi connectivity index (χ3v) is 2.93. The molecule has 1 aromatic heterocycles. The van der Waals surface area contributed by atoms with Crippen LogP contribution in [0, 0.1) is 6.92 Å². The summed E-state index contributed by atoms with van der Waals surface area (Å²) in [4.78, 5) is 12.0. The maximum absolute atomic E-state index is 12.0. The molecule has 0 saturated heterocycles. The van der Waals surface area contributed by atoms with Gasteiger partial charge < -0.3 is 10.1 Å².